The molecule has 0 saturated carbocycles. The van der Waals surface area contributed by atoms with Crippen LogP contribution in [0.25, 0.3) is 0 Å². The van der Waals surface area contributed by atoms with Gasteiger partial charge in [-0.25, -0.2) is 14.5 Å². The Morgan fingerprint density at radius 2 is 1.38 bits per heavy atom. The lowest BCUT2D eigenvalue weighted by atomic mass is 9.65. The summed E-state index contributed by atoms with van der Waals surface area (Å²) in [6.07, 6.45) is -0.961. The molecule has 0 unspecified atom stereocenters. The molecule has 0 aliphatic carbocycles. The molecule has 74 heavy (non-hydrogen) atoms. The molecule has 4 aliphatic rings. The summed E-state index contributed by atoms with van der Waals surface area (Å²) < 4.78 is 22.7. The first-order valence-electron chi connectivity index (χ1n) is 24.6. The Kier molecular flexibility index (Phi) is 13.7. The molecule has 0 radical (unpaired) electrons. The third kappa shape index (κ3) is 8.86. The first-order valence-corrected chi connectivity index (χ1v) is 24.6. The number of urea groups is 1. The molecule has 6 aromatic rings. The first kappa shape index (κ1) is 49.1. The number of imide groups is 1. The minimum atomic E-state index is -2.14. The molecule has 4 amide bonds. The number of carbonyl (C=O) groups excluding carboxylic acids is 5. The maximum atomic E-state index is 16.7. The van der Waals surface area contributed by atoms with Crippen LogP contribution in [0.1, 0.15) is 65.4 Å². The van der Waals surface area contributed by atoms with Crippen molar-refractivity contribution in [3.8, 4) is 23.3 Å². The lowest BCUT2D eigenvalue weighted by Crippen LogP contribution is -2.57. The van der Waals surface area contributed by atoms with Crippen LogP contribution < -0.4 is 25.2 Å². The molecule has 0 bridgehead atoms. The number of benzene rings is 6. The summed E-state index contributed by atoms with van der Waals surface area (Å²) in [5, 5.41) is 16.7. The third-order valence-electron chi connectivity index (χ3n) is 14.5. The summed E-state index contributed by atoms with van der Waals surface area (Å²) in [5.41, 5.74) is 2.44. The molecular formula is C59H55N5O10. The number of phenols is 1. The van der Waals surface area contributed by atoms with Crippen LogP contribution in [0, 0.1) is 23.7 Å². The van der Waals surface area contributed by atoms with Crippen LogP contribution in [0.15, 0.2) is 152 Å². The molecule has 6 aromatic carbocycles. The molecule has 3 saturated heterocycles. The van der Waals surface area contributed by atoms with Gasteiger partial charge in [0.05, 0.1) is 51.1 Å². The Morgan fingerprint density at radius 3 is 2.01 bits per heavy atom. The third-order valence-corrected chi connectivity index (χ3v) is 14.5. The molecule has 0 aromatic heterocycles. The van der Waals surface area contributed by atoms with E-state index in [0.717, 1.165) is 16.2 Å². The average Bonchev–Trinajstić information content (AvgIpc) is 3.96. The predicted octanol–water partition coefficient (Wildman–Crippen LogP) is 7.85. The number of nitrogens with zero attached hydrogens (tertiary/aromatic N) is 3. The Bertz CT molecular complexity index is 3140. The van der Waals surface area contributed by atoms with Gasteiger partial charge in [-0.3, -0.25) is 19.3 Å². The van der Waals surface area contributed by atoms with E-state index in [1.54, 1.807) is 75.6 Å². The van der Waals surface area contributed by atoms with Gasteiger partial charge in [-0.1, -0.05) is 98.5 Å². The number of rotatable bonds is 10. The fourth-order valence-corrected chi connectivity index (χ4v) is 11.1. The number of esters is 2. The van der Waals surface area contributed by atoms with Crippen molar-refractivity contribution in [3.05, 3.63) is 185 Å². The topological polar surface area (TPSA) is 176 Å². The standard InChI is InChI=1S/C59H55N5O10/c1-36(2)49(55(67)72-4)61-58(70)63-47-30-19-38(16-15-37-17-28-45(71-3)29-18-37)35-46(47)59(57(63)69)48(54(66)60-42-22-24-43(25-23-42)62-31-33-73-34-32-62)51-56(68)74-52(40-13-9-6-10-14-40)50(39-11-7-5-8-12-39)64(51)53(59)41-20-26-44(65)27-21-41/h5-14,17-30,35-36,48-53,65H,31-34H2,1-4H3,(H,60,66)(H,61,70)/t48-,49-,50-,51-,52+,53+,59-/m0/s1. The van der Waals surface area contributed by atoms with Crippen molar-refractivity contribution < 1.29 is 48.0 Å². The second kappa shape index (κ2) is 20.6. The smallest absolute Gasteiger partial charge is 0.329 e. The van der Waals surface area contributed by atoms with Gasteiger partial charge in [-0.05, 0) is 107 Å². The Labute approximate surface area is 429 Å². The van der Waals surface area contributed by atoms with Crippen LogP contribution in [-0.4, -0.2) is 92.4 Å². The van der Waals surface area contributed by atoms with Gasteiger partial charge >= 0.3 is 18.0 Å². The van der Waals surface area contributed by atoms with E-state index in [4.69, 9.17) is 18.9 Å². The summed E-state index contributed by atoms with van der Waals surface area (Å²) >= 11 is 0. The van der Waals surface area contributed by atoms with E-state index in [9.17, 15) is 9.90 Å². The zero-order chi connectivity index (χ0) is 51.7. The number of phenolic OH excluding ortho intramolecular Hbond substituents is 1. The van der Waals surface area contributed by atoms with Crippen molar-refractivity contribution in [3.63, 3.8) is 0 Å². The van der Waals surface area contributed by atoms with E-state index < -0.39 is 77.3 Å². The molecule has 4 heterocycles. The lowest BCUT2D eigenvalue weighted by Gasteiger charge is -2.46. The fraction of sp³-hybridized carbons (Fsp3) is 0.271. The quantitative estimate of drug-likeness (QED) is 0.0897. The molecular weight excluding hydrogens is 939 g/mol. The molecule has 4 aliphatic heterocycles. The highest BCUT2D eigenvalue weighted by Gasteiger charge is 2.75. The minimum absolute atomic E-state index is 0.0650. The molecule has 1 spiro atoms. The van der Waals surface area contributed by atoms with Crippen LogP contribution in [-0.2, 0) is 38.8 Å². The molecule has 15 heteroatoms. The predicted molar refractivity (Wildman–Crippen MR) is 276 cm³/mol. The Balaban J connectivity index is 1.24. The lowest BCUT2D eigenvalue weighted by molar-refractivity contribution is -0.177. The van der Waals surface area contributed by atoms with Crippen LogP contribution in [0.4, 0.5) is 21.9 Å². The average molecular weight is 994 g/mol. The van der Waals surface area contributed by atoms with Crippen molar-refractivity contribution in [2.75, 3.05) is 55.6 Å². The monoisotopic (exact) mass is 993 g/mol. The Hall–Kier alpha value is -8.45. The van der Waals surface area contributed by atoms with Crippen LogP contribution in [0.3, 0.4) is 0 Å². The highest BCUT2D eigenvalue weighted by Crippen LogP contribution is 2.66. The number of aromatic hydroxyl groups is 1. The summed E-state index contributed by atoms with van der Waals surface area (Å²) in [7, 11) is 2.79. The molecule has 7 atom stereocenters. The van der Waals surface area contributed by atoms with Gasteiger partial charge in [-0.2, -0.15) is 0 Å². The van der Waals surface area contributed by atoms with E-state index in [1.165, 1.54) is 19.2 Å². The normalized spacial score (nSPS) is 22.5. The van der Waals surface area contributed by atoms with Gasteiger partial charge in [0.1, 0.15) is 35.1 Å². The number of fused-ring (bicyclic) bond motifs is 3. The maximum Gasteiger partial charge on any atom is 0.329 e. The number of cyclic esters (lactones) is 1. The highest BCUT2D eigenvalue weighted by molar-refractivity contribution is 6.25. The molecule has 15 nitrogen and oxygen atoms in total. The summed E-state index contributed by atoms with van der Waals surface area (Å²) in [6.45, 7) is 6.01. The van der Waals surface area contributed by atoms with E-state index in [-0.39, 0.29) is 17.0 Å². The van der Waals surface area contributed by atoms with E-state index in [2.05, 4.69) is 27.4 Å². The largest absolute Gasteiger partial charge is 0.508 e. The van der Waals surface area contributed by atoms with E-state index >= 15 is 19.2 Å². The zero-order valence-electron chi connectivity index (χ0n) is 41.3. The van der Waals surface area contributed by atoms with Gasteiger partial charge in [-0.15, -0.1) is 0 Å². The van der Waals surface area contributed by atoms with Crippen molar-refractivity contribution in [1.82, 2.24) is 10.2 Å². The van der Waals surface area contributed by atoms with E-state index in [0.29, 0.717) is 60.0 Å². The molecule has 10 rings (SSSR count). The van der Waals surface area contributed by atoms with E-state index in [1.807, 2.05) is 89.8 Å². The number of morpholine rings is 2. The van der Waals surface area contributed by atoms with Crippen LogP contribution in [0.2, 0.25) is 0 Å². The number of carbonyl (C=O) groups is 5. The second-order valence-corrected chi connectivity index (χ2v) is 19.0. The maximum absolute atomic E-state index is 16.7. The van der Waals surface area contributed by atoms with Crippen molar-refractivity contribution in [2.24, 2.45) is 11.8 Å². The van der Waals surface area contributed by atoms with Gasteiger partial charge < -0.3 is 39.6 Å². The number of ether oxygens (including phenoxy) is 4. The SMILES string of the molecule is COC(=O)[C@@H](NC(=O)N1C(=O)[C@@]2(c3cc(C#Cc4ccc(OC)cc4)ccc31)[C@H](C(=O)Nc1ccc(N3CCOCC3)cc1)[C@H]1C(=O)O[C@H](c3ccccc3)[C@H](c3ccccc3)N1[C@@H]2c1ccc(O)cc1)C(C)C. The fourth-order valence-electron chi connectivity index (χ4n) is 11.1. The van der Waals surface area contributed by atoms with Crippen molar-refractivity contribution >= 4 is 46.8 Å². The summed E-state index contributed by atoms with van der Waals surface area (Å²) in [5.74, 6) is 1.90. The number of hydrogen-bond acceptors (Lipinski definition) is 12. The van der Waals surface area contributed by atoms with Gasteiger partial charge in [0.15, 0.2) is 0 Å². The van der Waals surface area contributed by atoms with Gasteiger partial charge in [0, 0.05) is 35.6 Å². The number of nitrogens with one attached hydrogen (secondary N) is 2. The summed E-state index contributed by atoms with van der Waals surface area (Å²) in [6, 6.07) is 38.9. The summed E-state index contributed by atoms with van der Waals surface area (Å²) in [4.78, 5) is 81.8. The van der Waals surface area contributed by atoms with Crippen LogP contribution >= 0.6 is 0 Å². The molecule has 3 N–H and O–H groups in total. The second-order valence-electron chi connectivity index (χ2n) is 19.0. The van der Waals surface area contributed by atoms with Crippen molar-refractivity contribution in [1.29, 1.82) is 0 Å². The van der Waals surface area contributed by atoms with Crippen LogP contribution in [0.5, 0.6) is 11.5 Å². The number of hydrogen-bond donors (Lipinski definition) is 3. The van der Waals surface area contributed by atoms with Gasteiger partial charge in [0.2, 0.25) is 11.8 Å². The number of anilines is 3. The highest BCUT2D eigenvalue weighted by atomic mass is 16.6. The number of methoxy groups -OCH3 is 2. The molecule has 3 fully saturated rings. The van der Waals surface area contributed by atoms with Gasteiger partial charge in [0.25, 0.3) is 0 Å². The first-order chi connectivity index (χ1) is 35.9. The Morgan fingerprint density at radius 1 is 0.743 bits per heavy atom. The number of amides is 4. The zero-order valence-corrected chi connectivity index (χ0v) is 41.3. The minimum Gasteiger partial charge on any atom is -0.508 e. The van der Waals surface area contributed by atoms with Crippen molar-refractivity contribution in [2.45, 2.75) is 49.5 Å². The molecule has 376 valence electrons.